The number of hydrogen-bond donors (Lipinski definition) is 1. The van der Waals surface area contributed by atoms with Crippen LogP contribution in [0.1, 0.15) is 57.2 Å². The second kappa shape index (κ2) is 11.7. The number of hydrogen-bond acceptors (Lipinski definition) is 5. The summed E-state index contributed by atoms with van der Waals surface area (Å²) < 4.78 is 92.4. The number of amides is 1. The van der Waals surface area contributed by atoms with Crippen LogP contribution in [0.5, 0.6) is 0 Å². The number of carbonyl (C=O) groups excluding carboxylic acids is 1. The van der Waals surface area contributed by atoms with E-state index in [1.807, 2.05) is 13.8 Å². The fourth-order valence-corrected chi connectivity index (χ4v) is 5.08. The summed E-state index contributed by atoms with van der Waals surface area (Å²) in [7, 11) is 0. The molecule has 2 aliphatic rings. The van der Waals surface area contributed by atoms with Crippen LogP contribution in [0.4, 0.5) is 22.0 Å². The quantitative estimate of drug-likeness (QED) is 0.379. The zero-order valence-corrected chi connectivity index (χ0v) is 22.8. The Bertz CT molecular complexity index is 1200. The molecular weight excluding hydrogens is 537 g/mol. The standard InChI is InChI=1S/C29H34F5NO5/c1-17(2)14-35-26(36)28(38-15-18-7-5-9-20(11-18)29(32,33)34)12-22(25-23(13-28)39-27(3,4)40-25)37-16-19-8-6-10-21(30)24(19)31/h5-11,17,22-23,25H,12-16H2,1-4H3,(H,35,36)/t22-,23+,25-,28+/m0/s1. The topological polar surface area (TPSA) is 66.0 Å². The first-order valence-corrected chi connectivity index (χ1v) is 13.2. The third kappa shape index (κ3) is 6.99. The van der Waals surface area contributed by atoms with E-state index in [-0.39, 0.29) is 43.1 Å². The number of alkyl halides is 3. The molecule has 0 bridgehead atoms. The van der Waals surface area contributed by atoms with Gasteiger partial charge in [0.25, 0.3) is 5.91 Å². The van der Waals surface area contributed by atoms with E-state index < -0.39 is 59.0 Å². The highest BCUT2D eigenvalue weighted by molar-refractivity contribution is 5.85. The van der Waals surface area contributed by atoms with Crippen molar-refractivity contribution in [2.75, 3.05) is 6.54 Å². The van der Waals surface area contributed by atoms with Crippen molar-refractivity contribution in [2.24, 2.45) is 5.92 Å². The van der Waals surface area contributed by atoms with Gasteiger partial charge in [0.2, 0.25) is 0 Å². The molecule has 0 spiro atoms. The summed E-state index contributed by atoms with van der Waals surface area (Å²) in [4.78, 5) is 13.7. The molecule has 1 aliphatic heterocycles. The molecule has 40 heavy (non-hydrogen) atoms. The highest BCUT2D eigenvalue weighted by Crippen LogP contribution is 2.44. The number of fused-ring (bicyclic) bond motifs is 1. The average molecular weight is 572 g/mol. The molecule has 4 rings (SSSR count). The maximum Gasteiger partial charge on any atom is 0.416 e. The summed E-state index contributed by atoms with van der Waals surface area (Å²) in [6, 6.07) is 8.45. The number of carbonyl (C=O) groups is 1. The Balaban J connectivity index is 1.63. The molecule has 1 heterocycles. The van der Waals surface area contributed by atoms with Gasteiger partial charge in [-0.1, -0.05) is 38.1 Å². The number of nitrogens with one attached hydrogen (secondary N) is 1. The van der Waals surface area contributed by atoms with Crippen LogP contribution in [0, 0.1) is 17.6 Å². The molecule has 2 fully saturated rings. The minimum absolute atomic E-state index is 0.0138. The molecule has 4 atom stereocenters. The molecule has 2 aromatic carbocycles. The number of ether oxygens (including phenoxy) is 4. The normalized spacial score (nSPS) is 26.1. The number of rotatable bonds is 9. The van der Waals surface area contributed by atoms with E-state index in [0.29, 0.717) is 6.54 Å². The zero-order valence-electron chi connectivity index (χ0n) is 22.8. The molecule has 1 amide bonds. The van der Waals surface area contributed by atoms with Gasteiger partial charge < -0.3 is 24.3 Å². The van der Waals surface area contributed by atoms with Crippen molar-refractivity contribution in [1.82, 2.24) is 5.32 Å². The van der Waals surface area contributed by atoms with Crippen molar-refractivity contribution in [2.45, 2.75) is 89.6 Å². The Morgan fingerprint density at radius 1 is 1.07 bits per heavy atom. The fourth-order valence-electron chi connectivity index (χ4n) is 5.08. The van der Waals surface area contributed by atoms with E-state index in [2.05, 4.69) is 5.32 Å². The number of benzene rings is 2. The van der Waals surface area contributed by atoms with Gasteiger partial charge >= 0.3 is 6.18 Å². The predicted octanol–water partition coefficient (Wildman–Crippen LogP) is 5.91. The third-order valence-corrected chi connectivity index (χ3v) is 6.99. The fraction of sp³-hybridized carbons (Fsp3) is 0.552. The van der Waals surface area contributed by atoms with Gasteiger partial charge in [0, 0.05) is 24.9 Å². The first-order chi connectivity index (χ1) is 18.7. The van der Waals surface area contributed by atoms with Crippen molar-refractivity contribution in [1.29, 1.82) is 0 Å². The monoisotopic (exact) mass is 571 g/mol. The van der Waals surface area contributed by atoms with E-state index in [0.717, 1.165) is 18.2 Å². The zero-order chi connectivity index (χ0) is 29.3. The molecule has 1 N–H and O–H groups in total. The lowest BCUT2D eigenvalue weighted by Gasteiger charge is -2.43. The van der Waals surface area contributed by atoms with Crippen LogP contribution in [-0.4, -0.2) is 42.2 Å². The number of halogens is 5. The van der Waals surface area contributed by atoms with E-state index in [4.69, 9.17) is 18.9 Å². The Morgan fingerprint density at radius 3 is 2.50 bits per heavy atom. The lowest BCUT2D eigenvalue weighted by atomic mass is 9.78. The summed E-state index contributed by atoms with van der Waals surface area (Å²) in [6.07, 6.45) is -6.68. The first-order valence-electron chi connectivity index (χ1n) is 13.2. The average Bonchev–Trinajstić information content (AvgIpc) is 3.20. The molecule has 2 aromatic rings. The van der Waals surface area contributed by atoms with Gasteiger partial charge in [0.05, 0.1) is 31.0 Å². The first kappa shape index (κ1) is 30.4. The molecule has 0 unspecified atom stereocenters. The summed E-state index contributed by atoms with van der Waals surface area (Å²) in [5.74, 6) is -3.43. The van der Waals surface area contributed by atoms with Crippen LogP contribution in [0.15, 0.2) is 42.5 Å². The Morgan fingerprint density at radius 2 is 1.80 bits per heavy atom. The summed E-state index contributed by atoms with van der Waals surface area (Å²) in [5.41, 5.74) is -2.17. The summed E-state index contributed by atoms with van der Waals surface area (Å²) in [5, 5.41) is 2.87. The molecule has 1 saturated heterocycles. The van der Waals surface area contributed by atoms with E-state index in [1.54, 1.807) is 13.8 Å². The van der Waals surface area contributed by atoms with Crippen LogP contribution in [0.2, 0.25) is 0 Å². The molecule has 0 radical (unpaired) electrons. The van der Waals surface area contributed by atoms with Crippen molar-refractivity contribution < 1.29 is 45.7 Å². The van der Waals surface area contributed by atoms with Crippen molar-refractivity contribution in [3.63, 3.8) is 0 Å². The van der Waals surface area contributed by atoms with Gasteiger partial charge in [-0.25, -0.2) is 8.78 Å². The Labute approximate surface area is 230 Å². The summed E-state index contributed by atoms with van der Waals surface area (Å²) in [6.45, 7) is 7.00. The molecule has 220 valence electrons. The maximum atomic E-state index is 14.3. The van der Waals surface area contributed by atoms with Gasteiger partial charge in [-0.3, -0.25) is 4.79 Å². The maximum absolute atomic E-state index is 14.3. The second-order valence-corrected chi connectivity index (χ2v) is 11.2. The molecule has 11 heteroatoms. The van der Waals surface area contributed by atoms with Crippen LogP contribution in [-0.2, 0) is 43.1 Å². The van der Waals surface area contributed by atoms with Crippen LogP contribution in [0.3, 0.4) is 0 Å². The molecule has 1 aliphatic carbocycles. The van der Waals surface area contributed by atoms with Gasteiger partial charge in [-0.15, -0.1) is 0 Å². The highest BCUT2D eigenvalue weighted by Gasteiger charge is 2.58. The third-order valence-electron chi connectivity index (χ3n) is 6.99. The minimum Gasteiger partial charge on any atom is -0.370 e. The van der Waals surface area contributed by atoms with Gasteiger partial charge in [-0.2, -0.15) is 13.2 Å². The van der Waals surface area contributed by atoms with Crippen molar-refractivity contribution in [3.05, 3.63) is 70.8 Å². The Kier molecular flexibility index (Phi) is 8.89. The SMILES string of the molecule is CC(C)CNC(=O)[C@@]1(OCc2cccc(C(F)(F)F)c2)C[C@H](OCc2cccc(F)c2F)[C@@H]2OC(C)(C)O[C@@H]2C1. The lowest BCUT2D eigenvalue weighted by Crippen LogP contribution is -2.60. The van der Waals surface area contributed by atoms with Gasteiger partial charge in [0.1, 0.15) is 6.10 Å². The molecular formula is C29H34F5NO5. The van der Waals surface area contributed by atoms with Crippen LogP contribution in [0.25, 0.3) is 0 Å². The van der Waals surface area contributed by atoms with Crippen LogP contribution >= 0.6 is 0 Å². The van der Waals surface area contributed by atoms with Crippen LogP contribution < -0.4 is 5.32 Å². The van der Waals surface area contributed by atoms with Gasteiger partial charge in [0.15, 0.2) is 23.0 Å². The minimum atomic E-state index is -4.54. The highest BCUT2D eigenvalue weighted by atomic mass is 19.4. The smallest absolute Gasteiger partial charge is 0.370 e. The van der Waals surface area contributed by atoms with E-state index in [9.17, 15) is 26.7 Å². The van der Waals surface area contributed by atoms with Crippen molar-refractivity contribution >= 4 is 5.91 Å². The molecule has 1 saturated carbocycles. The Hall–Kier alpha value is -2.60. The van der Waals surface area contributed by atoms with Gasteiger partial charge in [-0.05, 0) is 43.5 Å². The van der Waals surface area contributed by atoms with Crippen molar-refractivity contribution in [3.8, 4) is 0 Å². The summed E-state index contributed by atoms with van der Waals surface area (Å²) >= 11 is 0. The molecule has 0 aromatic heterocycles. The van der Waals surface area contributed by atoms with E-state index in [1.165, 1.54) is 24.3 Å². The largest absolute Gasteiger partial charge is 0.416 e. The second-order valence-electron chi connectivity index (χ2n) is 11.2. The van der Waals surface area contributed by atoms with E-state index >= 15 is 0 Å². The lowest BCUT2D eigenvalue weighted by molar-refractivity contribution is -0.183. The predicted molar refractivity (Wildman–Crippen MR) is 135 cm³/mol. The molecule has 6 nitrogen and oxygen atoms in total.